The maximum Gasteiger partial charge on any atom is 0.326 e. The van der Waals surface area contributed by atoms with Crippen LogP contribution in [0.25, 0.3) is 0 Å². The molecule has 20 heavy (non-hydrogen) atoms. The molecule has 8 nitrogen and oxygen atoms in total. The van der Waals surface area contributed by atoms with Gasteiger partial charge in [0.15, 0.2) is 5.82 Å². The average molecular weight is 285 g/mol. The topological polar surface area (TPSA) is 122 Å². The molecule has 0 saturated heterocycles. The number of rotatable bonds is 5. The number of hydrogen-bond donors (Lipinski definition) is 3. The molecular weight excluding hydrogens is 273 g/mol. The average Bonchev–Trinajstić information content (AvgIpc) is 2.37. The lowest BCUT2D eigenvalue weighted by Crippen LogP contribution is -2.42. The van der Waals surface area contributed by atoms with Crippen LogP contribution in [0.4, 0.5) is 20.6 Å². The van der Waals surface area contributed by atoms with Crippen molar-refractivity contribution in [2.45, 2.75) is 19.4 Å². The molecule has 0 saturated carbocycles. The molecule has 0 fully saturated rings. The van der Waals surface area contributed by atoms with Crippen LogP contribution in [-0.4, -0.2) is 28.1 Å². The van der Waals surface area contributed by atoms with E-state index in [4.69, 9.17) is 5.11 Å². The highest BCUT2D eigenvalue weighted by Crippen LogP contribution is 2.20. The number of halogens is 1. The van der Waals surface area contributed by atoms with E-state index in [1.165, 1.54) is 0 Å². The van der Waals surface area contributed by atoms with Crippen molar-refractivity contribution >= 4 is 23.4 Å². The van der Waals surface area contributed by atoms with Gasteiger partial charge in [0.1, 0.15) is 6.04 Å². The number of benzene rings is 1. The van der Waals surface area contributed by atoms with Crippen LogP contribution in [0.1, 0.15) is 13.3 Å². The van der Waals surface area contributed by atoms with E-state index in [1.54, 1.807) is 6.92 Å². The lowest BCUT2D eigenvalue weighted by molar-refractivity contribution is -0.385. The molecule has 0 aromatic heterocycles. The van der Waals surface area contributed by atoms with Gasteiger partial charge in [-0.1, -0.05) is 6.92 Å². The Balaban J connectivity index is 2.76. The van der Waals surface area contributed by atoms with E-state index < -0.39 is 34.5 Å². The molecule has 2 amide bonds. The first kappa shape index (κ1) is 15.3. The summed E-state index contributed by atoms with van der Waals surface area (Å²) < 4.78 is 13.5. The molecule has 1 atom stereocenters. The number of anilines is 1. The van der Waals surface area contributed by atoms with Gasteiger partial charge < -0.3 is 15.7 Å². The number of nitrogens with one attached hydrogen (secondary N) is 2. The zero-order valence-corrected chi connectivity index (χ0v) is 10.4. The highest BCUT2D eigenvalue weighted by atomic mass is 19.1. The third-order valence-electron chi connectivity index (χ3n) is 2.42. The van der Waals surface area contributed by atoms with E-state index in [9.17, 15) is 24.1 Å². The predicted molar refractivity (Wildman–Crippen MR) is 66.9 cm³/mol. The quantitative estimate of drug-likeness (QED) is 0.561. The van der Waals surface area contributed by atoms with E-state index in [2.05, 4.69) is 10.6 Å². The van der Waals surface area contributed by atoms with Gasteiger partial charge in [-0.15, -0.1) is 0 Å². The molecule has 0 radical (unpaired) electrons. The Morgan fingerprint density at radius 2 is 2.15 bits per heavy atom. The fourth-order valence-electron chi connectivity index (χ4n) is 1.37. The standard InChI is InChI=1S/C11H12FN3O5/c1-2-8(10(16)17)13-11(18)14-9-4-3-6(15(19)20)5-7(9)12/h3-5,8H,2H2,1H3,(H,16,17)(H2,13,14,18)/t8-/m0/s1. The second-order valence-corrected chi connectivity index (χ2v) is 3.82. The second kappa shape index (κ2) is 6.45. The van der Waals surface area contributed by atoms with Crippen molar-refractivity contribution in [3.63, 3.8) is 0 Å². The summed E-state index contributed by atoms with van der Waals surface area (Å²) in [6.45, 7) is 1.56. The van der Waals surface area contributed by atoms with E-state index in [-0.39, 0.29) is 12.1 Å². The van der Waals surface area contributed by atoms with Crippen molar-refractivity contribution in [3.8, 4) is 0 Å². The van der Waals surface area contributed by atoms with Crippen LogP contribution in [0.2, 0.25) is 0 Å². The number of aliphatic carboxylic acids is 1. The summed E-state index contributed by atoms with van der Waals surface area (Å²) in [6.07, 6.45) is 0.158. The lowest BCUT2D eigenvalue weighted by atomic mass is 10.2. The normalized spacial score (nSPS) is 11.5. The minimum Gasteiger partial charge on any atom is -0.480 e. The van der Waals surface area contributed by atoms with Crippen LogP contribution in [0.3, 0.4) is 0 Å². The van der Waals surface area contributed by atoms with Crippen LogP contribution in [0.5, 0.6) is 0 Å². The number of urea groups is 1. The van der Waals surface area contributed by atoms with Crippen molar-refractivity contribution in [3.05, 3.63) is 34.1 Å². The molecule has 0 aliphatic heterocycles. The molecule has 0 spiro atoms. The van der Waals surface area contributed by atoms with Gasteiger partial charge in [0, 0.05) is 6.07 Å². The van der Waals surface area contributed by atoms with E-state index in [1.807, 2.05) is 0 Å². The van der Waals surface area contributed by atoms with Crippen molar-refractivity contribution < 1.29 is 24.0 Å². The summed E-state index contributed by atoms with van der Waals surface area (Å²) in [6, 6.07) is 0.689. The van der Waals surface area contributed by atoms with E-state index >= 15 is 0 Å². The van der Waals surface area contributed by atoms with Gasteiger partial charge in [0.2, 0.25) is 0 Å². The maximum absolute atomic E-state index is 13.5. The zero-order chi connectivity index (χ0) is 15.3. The second-order valence-electron chi connectivity index (χ2n) is 3.82. The van der Waals surface area contributed by atoms with Crippen LogP contribution in [0.15, 0.2) is 18.2 Å². The molecule has 0 aliphatic rings. The number of non-ortho nitro benzene ring substituents is 1. The van der Waals surface area contributed by atoms with E-state index in [0.29, 0.717) is 6.07 Å². The predicted octanol–water partition coefficient (Wildman–Crippen LogP) is 1.72. The Morgan fingerprint density at radius 3 is 2.60 bits per heavy atom. The molecule has 0 unspecified atom stereocenters. The van der Waals surface area contributed by atoms with Crippen molar-refractivity contribution in [2.24, 2.45) is 0 Å². The number of nitro benzene ring substituents is 1. The SMILES string of the molecule is CC[C@H](NC(=O)Nc1ccc([N+](=O)[O-])cc1F)C(=O)O. The highest BCUT2D eigenvalue weighted by Gasteiger charge is 2.18. The summed E-state index contributed by atoms with van der Waals surface area (Å²) >= 11 is 0. The van der Waals surface area contributed by atoms with Crippen LogP contribution < -0.4 is 10.6 Å². The number of amides is 2. The summed E-state index contributed by atoms with van der Waals surface area (Å²) in [4.78, 5) is 31.8. The minimum absolute atomic E-state index is 0.158. The van der Waals surface area contributed by atoms with Gasteiger partial charge in [-0.05, 0) is 12.5 Å². The molecule has 108 valence electrons. The Kier molecular flexibility index (Phi) is 4.95. The zero-order valence-electron chi connectivity index (χ0n) is 10.4. The fourth-order valence-corrected chi connectivity index (χ4v) is 1.37. The summed E-state index contributed by atoms with van der Waals surface area (Å²) in [7, 11) is 0. The molecule has 0 heterocycles. The Hall–Kier alpha value is -2.71. The van der Waals surface area contributed by atoms with Crippen molar-refractivity contribution in [1.29, 1.82) is 0 Å². The number of nitro groups is 1. The monoisotopic (exact) mass is 285 g/mol. The summed E-state index contributed by atoms with van der Waals surface area (Å²) in [5, 5.41) is 23.4. The first-order valence-corrected chi connectivity index (χ1v) is 5.59. The van der Waals surface area contributed by atoms with Gasteiger partial charge in [0.25, 0.3) is 5.69 Å². The number of carbonyl (C=O) groups excluding carboxylic acids is 1. The van der Waals surface area contributed by atoms with Gasteiger partial charge >= 0.3 is 12.0 Å². The molecule has 9 heteroatoms. The fraction of sp³-hybridized carbons (Fsp3) is 0.273. The highest BCUT2D eigenvalue weighted by molar-refractivity contribution is 5.92. The van der Waals surface area contributed by atoms with Crippen LogP contribution in [-0.2, 0) is 4.79 Å². The number of nitrogens with zero attached hydrogens (tertiary/aromatic N) is 1. The number of hydrogen-bond acceptors (Lipinski definition) is 4. The molecule has 0 bridgehead atoms. The van der Waals surface area contributed by atoms with Crippen LogP contribution >= 0.6 is 0 Å². The molecule has 1 aromatic carbocycles. The smallest absolute Gasteiger partial charge is 0.326 e. The number of carbonyl (C=O) groups is 2. The molecule has 1 rings (SSSR count). The summed E-state index contributed by atoms with van der Waals surface area (Å²) in [5.74, 6) is -2.20. The summed E-state index contributed by atoms with van der Waals surface area (Å²) in [5.41, 5.74) is -0.737. The van der Waals surface area contributed by atoms with Gasteiger partial charge in [0.05, 0.1) is 16.7 Å². The van der Waals surface area contributed by atoms with Crippen molar-refractivity contribution in [1.82, 2.24) is 5.32 Å². The first-order chi connectivity index (χ1) is 9.35. The first-order valence-electron chi connectivity index (χ1n) is 5.59. The number of carboxylic acid groups (broad SMARTS) is 1. The van der Waals surface area contributed by atoms with Gasteiger partial charge in [-0.25, -0.2) is 14.0 Å². The lowest BCUT2D eigenvalue weighted by Gasteiger charge is -2.13. The van der Waals surface area contributed by atoms with Crippen molar-refractivity contribution in [2.75, 3.05) is 5.32 Å². The Bertz CT molecular complexity index is 549. The molecule has 0 aliphatic carbocycles. The molecule has 3 N–H and O–H groups in total. The maximum atomic E-state index is 13.5. The van der Waals surface area contributed by atoms with Gasteiger partial charge in [-0.2, -0.15) is 0 Å². The molecular formula is C11H12FN3O5. The third kappa shape index (κ3) is 3.90. The van der Waals surface area contributed by atoms with Crippen LogP contribution in [0, 0.1) is 15.9 Å². The van der Waals surface area contributed by atoms with Gasteiger partial charge in [-0.3, -0.25) is 10.1 Å². The Morgan fingerprint density at radius 1 is 1.50 bits per heavy atom. The molecule has 1 aromatic rings. The largest absolute Gasteiger partial charge is 0.480 e. The van der Waals surface area contributed by atoms with E-state index in [0.717, 1.165) is 12.1 Å². The third-order valence-corrected chi connectivity index (χ3v) is 2.42. The Labute approximate surface area is 112 Å². The minimum atomic E-state index is -1.22. The number of carboxylic acids is 1.